The highest BCUT2D eigenvalue weighted by Gasteiger charge is 2.26. The van der Waals surface area contributed by atoms with Crippen LogP contribution in [0.1, 0.15) is 16.4 Å². The van der Waals surface area contributed by atoms with Crippen molar-refractivity contribution in [2.75, 3.05) is 14.1 Å². The Bertz CT molecular complexity index is 888. The van der Waals surface area contributed by atoms with E-state index in [1.807, 2.05) is 54.1 Å². The summed E-state index contributed by atoms with van der Waals surface area (Å²) in [6, 6.07) is 18.0. The third-order valence-electron chi connectivity index (χ3n) is 4.14. The largest absolute Gasteiger partial charge is 0.348 e. The summed E-state index contributed by atoms with van der Waals surface area (Å²) < 4.78 is 1.94. The van der Waals surface area contributed by atoms with Gasteiger partial charge in [-0.1, -0.05) is 71.9 Å². The van der Waals surface area contributed by atoms with Crippen molar-refractivity contribution in [2.24, 2.45) is 7.05 Å². The predicted octanol–water partition coefficient (Wildman–Crippen LogP) is 3.71. The second-order valence-electron chi connectivity index (χ2n) is 6.37. The number of carbonyl (C=O) groups excluding carboxylic acids is 1. The smallest absolute Gasteiger partial charge is 0.240 e. The van der Waals surface area contributed by atoms with E-state index in [0.29, 0.717) is 5.16 Å². The van der Waals surface area contributed by atoms with Gasteiger partial charge in [-0.15, -0.1) is 10.2 Å². The van der Waals surface area contributed by atoms with Crippen molar-refractivity contribution in [2.45, 2.75) is 17.3 Å². The number of rotatable bonds is 5. The van der Waals surface area contributed by atoms with Gasteiger partial charge < -0.3 is 9.47 Å². The summed E-state index contributed by atoms with van der Waals surface area (Å²) >= 11 is 1.42. The van der Waals surface area contributed by atoms with Crippen LogP contribution < -0.4 is 0 Å². The van der Waals surface area contributed by atoms with Gasteiger partial charge >= 0.3 is 0 Å². The third-order valence-corrected chi connectivity index (χ3v) is 5.41. The fraction of sp³-hybridized carbons (Fsp3) is 0.250. The standard InChI is InChI=1S/C20H22N4OS/c1-14-10-12-16(13-11-14)18-21-22-20(24(18)4)26-17(19(25)23(2)3)15-8-6-5-7-9-15/h5-13,17H,1-4H3. The maximum absolute atomic E-state index is 12.7. The highest BCUT2D eigenvalue weighted by molar-refractivity contribution is 8.00. The molecular formula is C20H22N4OS. The molecule has 0 aliphatic heterocycles. The molecule has 134 valence electrons. The van der Waals surface area contributed by atoms with Gasteiger partial charge in [0.15, 0.2) is 11.0 Å². The Balaban J connectivity index is 1.93. The van der Waals surface area contributed by atoms with E-state index in [-0.39, 0.29) is 11.2 Å². The maximum atomic E-state index is 12.7. The van der Waals surface area contributed by atoms with E-state index in [9.17, 15) is 4.79 Å². The van der Waals surface area contributed by atoms with Crippen LogP contribution in [-0.2, 0) is 11.8 Å². The molecule has 0 saturated heterocycles. The van der Waals surface area contributed by atoms with Crippen molar-refractivity contribution < 1.29 is 4.79 Å². The Morgan fingerprint density at radius 2 is 1.69 bits per heavy atom. The van der Waals surface area contributed by atoms with Gasteiger partial charge in [-0.25, -0.2) is 0 Å². The van der Waals surface area contributed by atoms with Crippen LogP contribution in [0.5, 0.6) is 0 Å². The molecule has 0 saturated carbocycles. The minimum Gasteiger partial charge on any atom is -0.348 e. The number of aryl methyl sites for hydroxylation is 1. The van der Waals surface area contributed by atoms with Crippen LogP contribution in [0.25, 0.3) is 11.4 Å². The summed E-state index contributed by atoms with van der Waals surface area (Å²) in [5, 5.41) is 9.01. The molecule has 6 heteroatoms. The van der Waals surface area contributed by atoms with Crippen molar-refractivity contribution >= 4 is 17.7 Å². The van der Waals surface area contributed by atoms with Crippen molar-refractivity contribution in [1.29, 1.82) is 0 Å². The van der Waals surface area contributed by atoms with Gasteiger partial charge in [-0.3, -0.25) is 4.79 Å². The Morgan fingerprint density at radius 1 is 1.04 bits per heavy atom. The van der Waals surface area contributed by atoms with Crippen LogP contribution in [0.2, 0.25) is 0 Å². The molecule has 0 radical (unpaired) electrons. The van der Waals surface area contributed by atoms with Crippen LogP contribution in [0.4, 0.5) is 0 Å². The van der Waals surface area contributed by atoms with Crippen molar-refractivity contribution in [3.63, 3.8) is 0 Å². The van der Waals surface area contributed by atoms with Gasteiger partial charge in [0.05, 0.1) is 0 Å². The molecule has 1 heterocycles. The highest BCUT2D eigenvalue weighted by atomic mass is 32.2. The Hall–Kier alpha value is -2.60. The second-order valence-corrected chi connectivity index (χ2v) is 7.44. The topological polar surface area (TPSA) is 51.0 Å². The van der Waals surface area contributed by atoms with Gasteiger partial charge in [0.1, 0.15) is 5.25 Å². The summed E-state index contributed by atoms with van der Waals surface area (Å²) in [4.78, 5) is 14.3. The number of hydrogen-bond acceptors (Lipinski definition) is 4. The number of aromatic nitrogens is 3. The Kier molecular flexibility index (Phi) is 5.42. The van der Waals surface area contributed by atoms with E-state index in [2.05, 4.69) is 29.3 Å². The summed E-state index contributed by atoms with van der Waals surface area (Å²) in [6.07, 6.45) is 0. The molecule has 0 fully saturated rings. The van der Waals surface area contributed by atoms with E-state index < -0.39 is 0 Å². The van der Waals surface area contributed by atoms with Crippen molar-refractivity contribution in [1.82, 2.24) is 19.7 Å². The molecule has 1 atom stereocenters. The second kappa shape index (κ2) is 7.74. The summed E-state index contributed by atoms with van der Waals surface area (Å²) in [7, 11) is 5.47. The summed E-state index contributed by atoms with van der Waals surface area (Å²) in [6.45, 7) is 2.05. The predicted molar refractivity (Wildman–Crippen MR) is 105 cm³/mol. The number of nitrogens with zero attached hydrogens (tertiary/aromatic N) is 4. The zero-order chi connectivity index (χ0) is 18.7. The first kappa shape index (κ1) is 18.2. The molecule has 1 aromatic heterocycles. The SMILES string of the molecule is Cc1ccc(-c2nnc(SC(C(=O)N(C)C)c3ccccc3)n2C)cc1. The molecule has 0 aliphatic rings. The number of thioether (sulfide) groups is 1. The maximum Gasteiger partial charge on any atom is 0.240 e. The van der Waals surface area contributed by atoms with E-state index in [1.54, 1.807) is 19.0 Å². The lowest BCUT2D eigenvalue weighted by Crippen LogP contribution is -2.26. The lowest BCUT2D eigenvalue weighted by molar-refractivity contribution is -0.128. The lowest BCUT2D eigenvalue weighted by atomic mass is 10.1. The van der Waals surface area contributed by atoms with Crippen molar-refractivity contribution in [3.8, 4) is 11.4 Å². The van der Waals surface area contributed by atoms with Gasteiger partial charge in [0.25, 0.3) is 0 Å². The lowest BCUT2D eigenvalue weighted by Gasteiger charge is -2.20. The first-order valence-electron chi connectivity index (χ1n) is 8.36. The van der Waals surface area contributed by atoms with Gasteiger partial charge in [0.2, 0.25) is 5.91 Å². The number of likely N-dealkylation sites (N-methyl/N-ethyl adjacent to an activating group) is 1. The fourth-order valence-corrected chi connectivity index (χ4v) is 3.75. The van der Waals surface area contributed by atoms with Crippen LogP contribution in [0.15, 0.2) is 59.8 Å². The third kappa shape index (κ3) is 3.80. The molecule has 0 aliphatic carbocycles. The Morgan fingerprint density at radius 3 is 2.31 bits per heavy atom. The molecule has 2 aromatic carbocycles. The Labute approximate surface area is 158 Å². The summed E-state index contributed by atoms with van der Waals surface area (Å²) in [5.74, 6) is 0.817. The van der Waals surface area contributed by atoms with E-state index >= 15 is 0 Å². The van der Waals surface area contributed by atoms with Crippen LogP contribution >= 0.6 is 11.8 Å². The van der Waals surface area contributed by atoms with E-state index in [0.717, 1.165) is 17.0 Å². The number of carbonyl (C=O) groups is 1. The molecule has 3 rings (SSSR count). The van der Waals surface area contributed by atoms with Gasteiger partial charge in [-0.2, -0.15) is 0 Å². The molecule has 5 nitrogen and oxygen atoms in total. The van der Waals surface area contributed by atoms with E-state index in [4.69, 9.17) is 0 Å². The minimum atomic E-state index is -0.361. The molecule has 26 heavy (non-hydrogen) atoms. The zero-order valence-electron chi connectivity index (χ0n) is 15.4. The quantitative estimate of drug-likeness (QED) is 0.646. The first-order valence-corrected chi connectivity index (χ1v) is 9.24. The first-order chi connectivity index (χ1) is 12.5. The van der Waals surface area contributed by atoms with E-state index in [1.165, 1.54) is 17.3 Å². The normalized spacial score (nSPS) is 12.0. The average molecular weight is 366 g/mol. The molecular weight excluding hydrogens is 344 g/mol. The van der Waals surface area contributed by atoms with Gasteiger partial charge in [-0.05, 0) is 12.5 Å². The molecule has 3 aromatic rings. The number of amides is 1. The molecule has 1 unspecified atom stereocenters. The number of hydrogen-bond donors (Lipinski definition) is 0. The summed E-state index contributed by atoms with van der Waals surface area (Å²) in [5.41, 5.74) is 3.16. The highest BCUT2D eigenvalue weighted by Crippen LogP contribution is 2.36. The number of benzene rings is 2. The molecule has 0 bridgehead atoms. The fourth-order valence-electron chi connectivity index (χ4n) is 2.60. The van der Waals surface area contributed by atoms with Crippen LogP contribution in [-0.4, -0.2) is 39.7 Å². The monoisotopic (exact) mass is 366 g/mol. The van der Waals surface area contributed by atoms with Crippen LogP contribution in [0, 0.1) is 6.92 Å². The molecule has 0 N–H and O–H groups in total. The minimum absolute atomic E-state index is 0.0288. The molecule has 1 amide bonds. The van der Waals surface area contributed by atoms with Crippen LogP contribution in [0.3, 0.4) is 0 Å². The average Bonchev–Trinajstić information content (AvgIpc) is 3.01. The zero-order valence-corrected chi connectivity index (χ0v) is 16.2. The van der Waals surface area contributed by atoms with Gasteiger partial charge in [0, 0.05) is 26.7 Å². The van der Waals surface area contributed by atoms with Crippen molar-refractivity contribution in [3.05, 3.63) is 65.7 Å². The molecule has 0 spiro atoms.